The van der Waals surface area contributed by atoms with Crippen LogP contribution in [0.5, 0.6) is 0 Å². The first kappa shape index (κ1) is 44.9. The largest absolute Gasteiger partial charge is 0.310 e. The van der Waals surface area contributed by atoms with Crippen LogP contribution in [0.2, 0.25) is 0 Å². The highest BCUT2D eigenvalue weighted by atomic mass is 15.1. The summed E-state index contributed by atoms with van der Waals surface area (Å²) in [6.45, 7) is 0. The first-order valence-corrected chi connectivity index (χ1v) is 27.0. The summed E-state index contributed by atoms with van der Waals surface area (Å²) < 4.78 is 0. The molecule has 1 nitrogen and oxygen atoms in total. The van der Waals surface area contributed by atoms with E-state index < -0.39 is 5.41 Å². The van der Waals surface area contributed by atoms with Gasteiger partial charge in [-0.2, -0.15) is 0 Å². The number of anilines is 3. The van der Waals surface area contributed by atoms with Crippen LogP contribution in [0.3, 0.4) is 0 Å². The summed E-state index contributed by atoms with van der Waals surface area (Å²) in [5.41, 5.74) is 24.1. The van der Waals surface area contributed by atoms with Gasteiger partial charge in [0, 0.05) is 17.1 Å². The van der Waals surface area contributed by atoms with Crippen LogP contribution in [-0.2, 0) is 5.41 Å². The quantitative estimate of drug-likeness (QED) is 0.125. The van der Waals surface area contributed by atoms with Crippen molar-refractivity contribution in [2.24, 2.45) is 11.8 Å². The highest BCUT2D eigenvalue weighted by molar-refractivity contribution is 5.97. The standard InChI is InChI=1S/C74H57N/c1-5-18-54(19-6-1)64-26-13-15-28-67(64)68-29-16-14-27-65(68)56-40-44-62(45-41-56)75(61-42-38-53(39-43-61)52-34-36-57(37-35-52)70-49-51-32-33-58(70)48-51)63-46-47-69-72(50-63)74(59-22-9-3-10-23-59,60-24-11-4-12-25-60)71-31-17-30-66(73(69)71)55-20-7-2-8-21-55/h1-31,34-47,50-51,58,70H,32-33,48-49H2. The van der Waals surface area contributed by atoms with Gasteiger partial charge in [-0.05, 0) is 168 Å². The first-order chi connectivity index (χ1) is 37.2. The highest BCUT2D eigenvalue weighted by Crippen LogP contribution is 2.60. The highest BCUT2D eigenvalue weighted by Gasteiger charge is 2.47. The molecule has 0 radical (unpaired) electrons. The Hall–Kier alpha value is -8.78. The maximum atomic E-state index is 2.50. The van der Waals surface area contributed by atoms with E-state index in [1.807, 2.05) is 0 Å². The maximum Gasteiger partial charge on any atom is 0.0714 e. The number of fused-ring (bicyclic) bond motifs is 5. The van der Waals surface area contributed by atoms with Gasteiger partial charge in [-0.3, -0.25) is 0 Å². The van der Waals surface area contributed by atoms with Gasteiger partial charge in [0.15, 0.2) is 0 Å². The van der Waals surface area contributed by atoms with Gasteiger partial charge >= 0.3 is 0 Å². The van der Waals surface area contributed by atoms with Crippen molar-refractivity contribution in [2.75, 3.05) is 4.90 Å². The Labute approximate surface area is 442 Å². The van der Waals surface area contributed by atoms with Crippen molar-refractivity contribution in [3.8, 4) is 66.8 Å². The fraction of sp³-hybridized carbons (Fsp3) is 0.108. The summed E-state index contributed by atoms with van der Waals surface area (Å²) in [7, 11) is 0. The minimum absolute atomic E-state index is 0.586. The number of rotatable bonds is 11. The molecule has 2 bridgehead atoms. The van der Waals surface area contributed by atoms with Gasteiger partial charge in [0.05, 0.1) is 5.41 Å². The Bertz CT molecular complexity index is 3770. The van der Waals surface area contributed by atoms with Gasteiger partial charge in [-0.15, -0.1) is 0 Å². The van der Waals surface area contributed by atoms with Crippen molar-refractivity contribution in [1.29, 1.82) is 0 Å². The van der Waals surface area contributed by atoms with E-state index in [2.05, 4.69) is 284 Å². The monoisotopic (exact) mass is 959 g/mol. The van der Waals surface area contributed by atoms with Crippen LogP contribution in [0.25, 0.3) is 66.8 Å². The fourth-order valence-electron chi connectivity index (χ4n) is 13.7. The van der Waals surface area contributed by atoms with E-state index in [0.717, 1.165) is 34.8 Å². The Kier molecular flexibility index (Phi) is 11.3. The third kappa shape index (κ3) is 7.77. The molecule has 3 unspecified atom stereocenters. The number of hydrogen-bond donors (Lipinski definition) is 0. The average molecular weight is 960 g/mol. The molecule has 3 aliphatic rings. The predicted molar refractivity (Wildman–Crippen MR) is 314 cm³/mol. The van der Waals surface area contributed by atoms with Crippen molar-refractivity contribution >= 4 is 17.1 Å². The van der Waals surface area contributed by atoms with E-state index in [-0.39, 0.29) is 0 Å². The minimum Gasteiger partial charge on any atom is -0.310 e. The van der Waals surface area contributed by atoms with Gasteiger partial charge in [0.2, 0.25) is 0 Å². The molecule has 3 aliphatic carbocycles. The fourth-order valence-corrected chi connectivity index (χ4v) is 13.7. The number of nitrogens with zero attached hydrogens (tertiary/aromatic N) is 1. The average Bonchev–Trinajstić information content (AvgIpc) is 4.25. The van der Waals surface area contributed by atoms with Gasteiger partial charge in [0.1, 0.15) is 0 Å². The lowest BCUT2D eigenvalue weighted by Gasteiger charge is -2.35. The molecule has 358 valence electrons. The molecule has 11 aromatic carbocycles. The SMILES string of the molecule is c1ccc(-c2ccccc2-c2ccccc2-c2ccc(N(c3ccc(-c4ccc(C5CC6CCC5C6)cc4)cc3)c3ccc4c(c3)C(c3ccccc3)(c3ccccc3)c3cccc(-c5ccccc5)c3-4)cc2)cc1. The summed E-state index contributed by atoms with van der Waals surface area (Å²) in [6.07, 6.45) is 5.62. The normalized spacial score (nSPS) is 16.8. The van der Waals surface area contributed by atoms with Crippen LogP contribution in [-0.4, -0.2) is 0 Å². The van der Waals surface area contributed by atoms with E-state index in [1.165, 1.54) is 120 Å². The Morgan fingerprint density at radius 1 is 0.307 bits per heavy atom. The Morgan fingerprint density at radius 3 is 1.29 bits per heavy atom. The maximum absolute atomic E-state index is 2.50. The molecular formula is C74H57N. The lowest BCUT2D eigenvalue weighted by Crippen LogP contribution is -2.28. The molecule has 2 saturated carbocycles. The van der Waals surface area contributed by atoms with Gasteiger partial charge in [0.25, 0.3) is 0 Å². The Balaban J connectivity index is 0.923. The predicted octanol–water partition coefficient (Wildman–Crippen LogP) is 19.8. The van der Waals surface area contributed by atoms with Gasteiger partial charge in [-0.1, -0.05) is 249 Å². The molecule has 11 aromatic rings. The molecule has 0 aromatic heterocycles. The molecule has 75 heavy (non-hydrogen) atoms. The summed E-state index contributed by atoms with van der Waals surface area (Å²) in [6, 6.07) is 104. The second kappa shape index (κ2) is 18.9. The Morgan fingerprint density at radius 2 is 0.760 bits per heavy atom. The molecule has 0 heterocycles. The van der Waals surface area contributed by atoms with E-state index in [9.17, 15) is 0 Å². The van der Waals surface area contributed by atoms with Gasteiger partial charge < -0.3 is 4.90 Å². The van der Waals surface area contributed by atoms with Crippen LogP contribution >= 0.6 is 0 Å². The van der Waals surface area contributed by atoms with Crippen molar-refractivity contribution in [3.63, 3.8) is 0 Å². The van der Waals surface area contributed by atoms with E-state index >= 15 is 0 Å². The molecule has 14 rings (SSSR count). The lowest BCUT2D eigenvalue weighted by molar-refractivity contribution is 0.420. The molecule has 0 N–H and O–H groups in total. The van der Waals surface area contributed by atoms with Gasteiger partial charge in [-0.25, -0.2) is 0 Å². The summed E-state index contributed by atoms with van der Waals surface area (Å²) >= 11 is 0. The molecule has 1 heteroatoms. The molecule has 0 amide bonds. The topological polar surface area (TPSA) is 3.24 Å². The molecular weight excluding hydrogens is 903 g/mol. The van der Waals surface area contributed by atoms with Crippen molar-refractivity contribution in [1.82, 2.24) is 0 Å². The molecule has 3 atom stereocenters. The smallest absolute Gasteiger partial charge is 0.0714 e. The summed E-state index contributed by atoms with van der Waals surface area (Å²) in [5, 5.41) is 0. The zero-order valence-corrected chi connectivity index (χ0v) is 42.1. The second-order valence-electron chi connectivity index (χ2n) is 21.1. The second-order valence-corrected chi connectivity index (χ2v) is 21.1. The number of benzene rings is 11. The van der Waals surface area contributed by atoms with Crippen LogP contribution < -0.4 is 4.90 Å². The first-order valence-electron chi connectivity index (χ1n) is 27.0. The van der Waals surface area contributed by atoms with Crippen molar-refractivity contribution in [2.45, 2.75) is 37.0 Å². The zero-order valence-electron chi connectivity index (χ0n) is 42.1. The van der Waals surface area contributed by atoms with Crippen LogP contribution in [0.4, 0.5) is 17.1 Å². The number of hydrogen-bond acceptors (Lipinski definition) is 1. The third-order valence-electron chi connectivity index (χ3n) is 17.1. The third-order valence-corrected chi connectivity index (χ3v) is 17.1. The van der Waals surface area contributed by atoms with Crippen LogP contribution in [0, 0.1) is 11.8 Å². The minimum atomic E-state index is -0.586. The van der Waals surface area contributed by atoms with E-state index in [1.54, 1.807) is 0 Å². The van der Waals surface area contributed by atoms with Crippen molar-refractivity contribution in [3.05, 3.63) is 307 Å². The van der Waals surface area contributed by atoms with Crippen LogP contribution in [0.15, 0.2) is 279 Å². The van der Waals surface area contributed by atoms with Crippen LogP contribution in [0.1, 0.15) is 59.4 Å². The summed E-state index contributed by atoms with van der Waals surface area (Å²) in [5.74, 6) is 2.54. The van der Waals surface area contributed by atoms with E-state index in [4.69, 9.17) is 0 Å². The lowest BCUT2D eigenvalue weighted by atomic mass is 9.67. The molecule has 2 fully saturated rings. The molecule has 0 spiro atoms. The molecule has 0 saturated heterocycles. The summed E-state index contributed by atoms with van der Waals surface area (Å²) in [4.78, 5) is 2.46. The van der Waals surface area contributed by atoms with E-state index in [0.29, 0.717) is 0 Å². The molecule has 0 aliphatic heterocycles. The zero-order chi connectivity index (χ0) is 49.7. The van der Waals surface area contributed by atoms with Crippen molar-refractivity contribution < 1.29 is 0 Å².